The van der Waals surface area contributed by atoms with E-state index in [0.29, 0.717) is 11.1 Å². The number of fused-ring (bicyclic) bond motifs is 1. The van der Waals surface area contributed by atoms with Crippen LogP contribution in [0.4, 0.5) is 0 Å². The van der Waals surface area contributed by atoms with E-state index in [1.807, 2.05) is 44.3 Å². The van der Waals surface area contributed by atoms with Crippen LogP contribution < -0.4 is 0 Å². The summed E-state index contributed by atoms with van der Waals surface area (Å²) in [5.74, 6) is -2.01. The zero-order valence-electron chi connectivity index (χ0n) is 20.9. The molecule has 1 aliphatic rings. The molecule has 4 aromatic rings. The first-order valence-corrected chi connectivity index (χ1v) is 13.3. The normalized spacial score (nSPS) is 14.5. The average molecular weight is 516 g/mol. The van der Waals surface area contributed by atoms with Gasteiger partial charge in [-0.25, -0.2) is 14.8 Å². The van der Waals surface area contributed by atoms with Crippen molar-refractivity contribution >= 4 is 40.3 Å². The van der Waals surface area contributed by atoms with Crippen molar-refractivity contribution in [3.05, 3.63) is 64.4 Å². The Labute approximate surface area is 219 Å². The Morgan fingerprint density at radius 1 is 1.08 bits per heavy atom. The number of aryl methyl sites for hydroxylation is 2. The van der Waals surface area contributed by atoms with Gasteiger partial charge in [0.15, 0.2) is 0 Å². The standard InChI is InChI=1S/C29H29N3O4S/c1-17-29(37-18(2)30-17)25-12-8-19-14-20(9-11-24(19)31-25)28-23(15-27(35)36)21(10-13-26(33)34)16-32(28)22-6-4-3-5-7-22/h8-14,16,22H,3-7,15H2,1-2H3,(H,33,34)(H,35,36). The van der Waals surface area contributed by atoms with Gasteiger partial charge < -0.3 is 14.8 Å². The lowest BCUT2D eigenvalue weighted by Crippen LogP contribution is -2.13. The molecule has 2 N–H and O–H groups in total. The minimum atomic E-state index is -1.06. The first-order chi connectivity index (χ1) is 17.8. The van der Waals surface area contributed by atoms with E-state index < -0.39 is 11.9 Å². The molecule has 1 aromatic carbocycles. The second kappa shape index (κ2) is 10.3. The van der Waals surface area contributed by atoms with Crippen LogP contribution in [-0.2, 0) is 16.0 Å². The van der Waals surface area contributed by atoms with Crippen molar-refractivity contribution in [2.24, 2.45) is 0 Å². The predicted molar refractivity (Wildman–Crippen MR) is 146 cm³/mol. The zero-order valence-corrected chi connectivity index (χ0v) is 21.7. The highest BCUT2D eigenvalue weighted by Gasteiger charge is 2.25. The maximum atomic E-state index is 11.9. The Bertz CT molecular complexity index is 1530. The van der Waals surface area contributed by atoms with E-state index in [4.69, 9.17) is 4.98 Å². The van der Waals surface area contributed by atoms with Crippen molar-refractivity contribution in [2.45, 2.75) is 58.4 Å². The van der Waals surface area contributed by atoms with Gasteiger partial charge in [-0.05, 0) is 67.7 Å². The van der Waals surface area contributed by atoms with E-state index in [0.717, 1.165) is 75.2 Å². The number of carboxylic acids is 2. The molecule has 1 aliphatic carbocycles. The summed E-state index contributed by atoms with van der Waals surface area (Å²) < 4.78 is 2.19. The number of aromatic nitrogens is 3. The molecule has 0 saturated heterocycles. The van der Waals surface area contributed by atoms with Crippen LogP contribution in [0.5, 0.6) is 0 Å². The van der Waals surface area contributed by atoms with Crippen LogP contribution >= 0.6 is 11.3 Å². The highest BCUT2D eigenvalue weighted by Crippen LogP contribution is 2.39. The van der Waals surface area contributed by atoms with E-state index in [1.54, 1.807) is 11.3 Å². The molecule has 0 bridgehead atoms. The molecule has 0 amide bonds. The maximum Gasteiger partial charge on any atom is 0.328 e. The summed E-state index contributed by atoms with van der Waals surface area (Å²) in [6.07, 6.45) is 9.81. The molecule has 8 heteroatoms. The molecule has 1 fully saturated rings. The second-order valence-corrected chi connectivity index (χ2v) is 10.8. The number of benzene rings is 1. The molecule has 1 saturated carbocycles. The number of rotatable bonds is 7. The Morgan fingerprint density at radius 2 is 1.86 bits per heavy atom. The molecule has 0 aliphatic heterocycles. The SMILES string of the molecule is Cc1nc(C)c(-c2ccc3cc(-c4c(CC(=O)O)c(C=CC(=O)O)cn4C4CCCCC4)ccc3n2)s1. The molecule has 0 unspecified atom stereocenters. The Morgan fingerprint density at radius 3 is 2.54 bits per heavy atom. The number of carbonyl (C=O) groups is 2. The molecule has 3 aromatic heterocycles. The molecular formula is C29H29N3O4S. The van der Waals surface area contributed by atoms with Gasteiger partial charge in [0.2, 0.25) is 0 Å². The van der Waals surface area contributed by atoms with Crippen LogP contribution in [-0.4, -0.2) is 36.7 Å². The molecule has 37 heavy (non-hydrogen) atoms. The van der Waals surface area contributed by atoms with Crippen LogP contribution in [0, 0.1) is 13.8 Å². The van der Waals surface area contributed by atoms with Crippen molar-refractivity contribution in [1.82, 2.24) is 14.5 Å². The fraction of sp³-hybridized carbons (Fsp3) is 0.310. The van der Waals surface area contributed by atoms with Crippen molar-refractivity contribution in [3.8, 4) is 21.8 Å². The zero-order chi connectivity index (χ0) is 26.1. The lowest BCUT2D eigenvalue weighted by molar-refractivity contribution is -0.136. The number of thiazole rings is 1. The van der Waals surface area contributed by atoms with Gasteiger partial charge in [-0.2, -0.15) is 0 Å². The quantitative estimate of drug-likeness (QED) is 0.266. The molecule has 7 nitrogen and oxygen atoms in total. The Kier molecular flexibility index (Phi) is 6.93. The lowest BCUT2D eigenvalue weighted by Gasteiger charge is -2.26. The summed E-state index contributed by atoms with van der Waals surface area (Å²) in [5.41, 5.74) is 5.74. The van der Waals surface area contributed by atoms with Gasteiger partial charge in [0.05, 0.1) is 38.9 Å². The molecule has 5 rings (SSSR count). The average Bonchev–Trinajstić information content (AvgIpc) is 3.40. The highest BCUT2D eigenvalue weighted by atomic mass is 32.1. The number of pyridine rings is 1. The van der Waals surface area contributed by atoms with E-state index >= 15 is 0 Å². The number of hydrogen-bond acceptors (Lipinski definition) is 5. The molecular weight excluding hydrogens is 486 g/mol. The molecule has 0 atom stereocenters. The monoisotopic (exact) mass is 515 g/mol. The van der Waals surface area contributed by atoms with Gasteiger partial charge >= 0.3 is 11.9 Å². The largest absolute Gasteiger partial charge is 0.481 e. The van der Waals surface area contributed by atoms with Gasteiger partial charge in [0, 0.05) is 23.7 Å². The van der Waals surface area contributed by atoms with E-state index in [-0.39, 0.29) is 12.5 Å². The second-order valence-electron chi connectivity index (χ2n) is 9.60. The molecule has 3 heterocycles. The maximum absolute atomic E-state index is 11.9. The minimum Gasteiger partial charge on any atom is -0.481 e. The summed E-state index contributed by atoms with van der Waals surface area (Å²) >= 11 is 1.63. The fourth-order valence-electron chi connectivity index (χ4n) is 5.37. The summed E-state index contributed by atoms with van der Waals surface area (Å²) in [6, 6.07) is 10.3. The topological polar surface area (TPSA) is 105 Å². The van der Waals surface area contributed by atoms with Crippen LogP contribution in [0.15, 0.2) is 42.6 Å². The van der Waals surface area contributed by atoms with Gasteiger partial charge in [-0.15, -0.1) is 11.3 Å². The third kappa shape index (κ3) is 5.20. The minimum absolute atomic E-state index is 0.187. The first-order valence-electron chi connectivity index (χ1n) is 12.5. The first kappa shape index (κ1) is 24.9. The van der Waals surface area contributed by atoms with E-state index in [1.165, 1.54) is 12.5 Å². The summed E-state index contributed by atoms with van der Waals surface area (Å²) in [6.45, 7) is 3.98. The van der Waals surface area contributed by atoms with Crippen LogP contribution in [0.3, 0.4) is 0 Å². The van der Waals surface area contributed by atoms with Crippen molar-refractivity contribution in [2.75, 3.05) is 0 Å². The molecule has 190 valence electrons. The number of hydrogen-bond donors (Lipinski definition) is 2. The third-order valence-corrected chi connectivity index (χ3v) is 8.07. The van der Waals surface area contributed by atoms with Crippen LogP contribution in [0.2, 0.25) is 0 Å². The summed E-state index contributed by atoms with van der Waals surface area (Å²) in [4.78, 5) is 33.6. The summed E-state index contributed by atoms with van der Waals surface area (Å²) in [7, 11) is 0. The summed E-state index contributed by atoms with van der Waals surface area (Å²) in [5, 5.41) is 20.9. The predicted octanol–water partition coefficient (Wildman–Crippen LogP) is 6.67. The van der Waals surface area contributed by atoms with Crippen LogP contribution in [0.25, 0.3) is 38.8 Å². The van der Waals surface area contributed by atoms with Crippen molar-refractivity contribution < 1.29 is 19.8 Å². The van der Waals surface area contributed by atoms with Gasteiger partial charge in [0.25, 0.3) is 0 Å². The van der Waals surface area contributed by atoms with Gasteiger partial charge in [0.1, 0.15) is 0 Å². The number of nitrogens with zero attached hydrogens (tertiary/aromatic N) is 3. The highest BCUT2D eigenvalue weighted by molar-refractivity contribution is 7.15. The van der Waals surface area contributed by atoms with E-state index in [9.17, 15) is 19.8 Å². The Hall–Kier alpha value is -3.78. The third-order valence-electron chi connectivity index (χ3n) is 6.97. The number of aliphatic carboxylic acids is 2. The van der Waals surface area contributed by atoms with Crippen LogP contribution in [0.1, 0.15) is 60.0 Å². The van der Waals surface area contributed by atoms with Gasteiger partial charge in [-0.3, -0.25) is 4.79 Å². The molecule has 0 radical (unpaired) electrons. The van der Waals surface area contributed by atoms with E-state index in [2.05, 4.69) is 15.6 Å². The molecule has 0 spiro atoms. The Balaban J connectivity index is 1.65. The van der Waals surface area contributed by atoms with Crippen molar-refractivity contribution in [1.29, 1.82) is 0 Å². The number of carboxylic acid groups (broad SMARTS) is 2. The smallest absolute Gasteiger partial charge is 0.328 e. The lowest BCUT2D eigenvalue weighted by atomic mass is 9.94. The van der Waals surface area contributed by atoms with Crippen molar-refractivity contribution in [3.63, 3.8) is 0 Å². The fourth-order valence-corrected chi connectivity index (χ4v) is 6.25. The van der Waals surface area contributed by atoms with Gasteiger partial charge in [-0.1, -0.05) is 31.4 Å².